The Labute approximate surface area is 82.5 Å². The highest BCUT2D eigenvalue weighted by molar-refractivity contribution is 6.83. The molecule has 0 saturated carbocycles. The zero-order chi connectivity index (χ0) is 10.6. The molecular formula is C10H21NOSi. The van der Waals surface area contributed by atoms with E-state index in [1.54, 1.807) is 0 Å². The summed E-state index contributed by atoms with van der Waals surface area (Å²) in [7, 11) is -1.38. The van der Waals surface area contributed by atoms with Gasteiger partial charge in [-0.3, -0.25) is 0 Å². The maximum Gasteiger partial charge on any atom is 0.129 e. The van der Waals surface area contributed by atoms with Crippen molar-refractivity contribution in [2.24, 2.45) is 11.7 Å². The van der Waals surface area contributed by atoms with Crippen LogP contribution in [0, 0.1) is 17.4 Å². The molecule has 2 nitrogen and oxygen atoms in total. The minimum Gasteiger partial charge on any atom is -0.379 e. The van der Waals surface area contributed by atoms with Crippen LogP contribution in [0.3, 0.4) is 0 Å². The Bertz CT molecular complexity index is 209. The molecule has 0 aliphatic carbocycles. The van der Waals surface area contributed by atoms with Crippen molar-refractivity contribution >= 4 is 8.07 Å². The Morgan fingerprint density at radius 1 is 1.23 bits per heavy atom. The summed E-state index contributed by atoms with van der Waals surface area (Å²) in [4.78, 5) is 0. The highest BCUT2D eigenvalue weighted by Crippen LogP contribution is 2.03. The zero-order valence-electron chi connectivity index (χ0n) is 9.26. The number of rotatable bonds is 2. The van der Waals surface area contributed by atoms with Gasteiger partial charge >= 0.3 is 0 Å². The summed E-state index contributed by atoms with van der Waals surface area (Å²) >= 11 is 0. The van der Waals surface area contributed by atoms with Gasteiger partial charge in [0.25, 0.3) is 0 Å². The van der Waals surface area contributed by atoms with E-state index >= 15 is 0 Å². The summed E-state index contributed by atoms with van der Waals surface area (Å²) < 4.78 is 0. The highest BCUT2D eigenvalue weighted by atomic mass is 28.3. The van der Waals surface area contributed by atoms with E-state index in [4.69, 9.17) is 5.73 Å². The molecule has 0 amide bonds. The lowest BCUT2D eigenvalue weighted by Gasteiger charge is -2.18. The minimum atomic E-state index is -1.38. The molecule has 0 bridgehead atoms. The largest absolute Gasteiger partial charge is 0.379 e. The van der Waals surface area contributed by atoms with Crippen LogP contribution in [0.15, 0.2) is 0 Å². The smallest absolute Gasteiger partial charge is 0.129 e. The van der Waals surface area contributed by atoms with E-state index in [0.717, 1.165) is 0 Å². The van der Waals surface area contributed by atoms with Gasteiger partial charge in [-0.1, -0.05) is 39.4 Å². The first-order valence-electron chi connectivity index (χ1n) is 4.70. The first-order chi connectivity index (χ1) is 5.74. The molecule has 76 valence electrons. The molecule has 0 rings (SSSR count). The Balaban J connectivity index is 4.27. The van der Waals surface area contributed by atoms with Crippen molar-refractivity contribution in [2.75, 3.05) is 0 Å². The fraction of sp³-hybridized carbons (Fsp3) is 0.800. The first kappa shape index (κ1) is 12.7. The van der Waals surface area contributed by atoms with Crippen LogP contribution in [0.1, 0.15) is 13.8 Å². The van der Waals surface area contributed by atoms with Gasteiger partial charge in [0.2, 0.25) is 0 Å². The summed E-state index contributed by atoms with van der Waals surface area (Å²) in [6, 6.07) is -0.233. The average Bonchev–Trinajstić information content (AvgIpc) is 1.97. The summed E-state index contributed by atoms with van der Waals surface area (Å²) in [5, 5.41) is 9.58. The third kappa shape index (κ3) is 5.86. The molecule has 0 aliphatic heterocycles. The van der Waals surface area contributed by atoms with Crippen molar-refractivity contribution in [3.63, 3.8) is 0 Å². The summed E-state index contributed by atoms with van der Waals surface area (Å²) in [6.45, 7) is 10.4. The topological polar surface area (TPSA) is 46.2 Å². The van der Waals surface area contributed by atoms with Crippen LogP contribution in [0.5, 0.6) is 0 Å². The third-order valence-electron chi connectivity index (χ3n) is 1.73. The van der Waals surface area contributed by atoms with Crippen LogP contribution >= 0.6 is 0 Å². The second kappa shape index (κ2) is 4.80. The fourth-order valence-electron chi connectivity index (χ4n) is 0.751. The molecule has 2 unspecified atom stereocenters. The number of aliphatic hydroxyl groups is 1. The first-order valence-corrected chi connectivity index (χ1v) is 8.20. The van der Waals surface area contributed by atoms with Gasteiger partial charge in [0.1, 0.15) is 14.2 Å². The molecule has 0 radical (unpaired) electrons. The van der Waals surface area contributed by atoms with Crippen LogP contribution in [-0.4, -0.2) is 25.3 Å². The van der Waals surface area contributed by atoms with E-state index in [9.17, 15) is 5.11 Å². The molecular weight excluding hydrogens is 178 g/mol. The van der Waals surface area contributed by atoms with Gasteiger partial charge in [0.05, 0.1) is 0 Å². The number of hydrogen-bond acceptors (Lipinski definition) is 2. The summed E-state index contributed by atoms with van der Waals surface area (Å²) in [5.74, 6) is 3.12. The maximum atomic E-state index is 9.58. The van der Waals surface area contributed by atoms with Crippen LogP contribution in [-0.2, 0) is 0 Å². The van der Waals surface area contributed by atoms with Crippen LogP contribution in [0.2, 0.25) is 19.6 Å². The Kier molecular flexibility index (Phi) is 4.69. The fourth-order valence-corrected chi connectivity index (χ4v) is 1.33. The van der Waals surface area contributed by atoms with Gasteiger partial charge in [-0.05, 0) is 5.92 Å². The Hall–Kier alpha value is -0.303. The monoisotopic (exact) mass is 199 g/mol. The van der Waals surface area contributed by atoms with Crippen molar-refractivity contribution in [2.45, 2.75) is 45.6 Å². The molecule has 0 aliphatic rings. The van der Waals surface area contributed by atoms with Gasteiger partial charge in [0.15, 0.2) is 0 Å². The summed E-state index contributed by atoms with van der Waals surface area (Å²) in [5.41, 5.74) is 8.87. The molecule has 2 atom stereocenters. The molecule has 0 saturated heterocycles. The van der Waals surface area contributed by atoms with Crippen molar-refractivity contribution in [3.05, 3.63) is 0 Å². The van der Waals surface area contributed by atoms with E-state index in [1.807, 2.05) is 13.8 Å². The molecule has 0 heterocycles. The highest BCUT2D eigenvalue weighted by Gasteiger charge is 2.16. The SMILES string of the molecule is CC(C)C(N)C(O)C#C[Si](C)(C)C. The molecule has 0 fully saturated rings. The lowest BCUT2D eigenvalue weighted by Crippen LogP contribution is -2.38. The second-order valence-corrected chi connectivity index (χ2v) is 9.54. The molecule has 0 aromatic heterocycles. The minimum absolute atomic E-state index is 0.233. The van der Waals surface area contributed by atoms with E-state index in [-0.39, 0.29) is 12.0 Å². The molecule has 3 N–H and O–H groups in total. The normalized spacial score (nSPS) is 16.3. The van der Waals surface area contributed by atoms with E-state index in [2.05, 4.69) is 31.1 Å². The van der Waals surface area contributed by atoms with E-state index < -0.39 is 14.2 Å². The van der Waals surface area contributed by atoms with Crippen LogP contribution in [0.25, 0.3) is 0 Å². The standard InChI is InChI=1S/C10H21NOSi/c1-8(2)10(11)9(12)6-7-13(3,4)5/h8-10,12H,11H2,1-5H3. The molecule has 0 spiro atoms. The lowest BCUT2D eigenvalue weighted by atomic mass is 10.0. The van der Waals surface area contributed by atoms with Crippen molar-refractivity contribution < 1.29 is 5.11 Å². The zero-order valence-corrected chi connectivity index (χ0v) is 10.3. The van der Waals surface area contributed by atoms with Crippen molar-refractivity contribution in [1.29, 1.82) is 0 Å². The van der Waals surface area contributed by atoms with Crippen molar-refractivity contribution in [1.82, 2.24) is 0 Å². The third-order valence-corrected chi connectivity index (χ3v) is 2.62. The predicted molar refractivity (Wildman–Crippen MR) is 59.9 cm³/mol. The quantitative estimate of drug-likeness (QED) is 0.519. The maximum absolute atomic E-state index is 9.58. The molecule has 3 heteroatoms. The number of hydrogen-bond donors (Lipinski definition) is 2. The van der Waals surface area contributed by atoms with Crippen LogP contribution < -0.4 is 5.73 Å². The van der Waals surface area contributed by atoms with Gasteiger partial charge in [-0.15, -0.1) is 5.54 Å². The predicted octanol–water partition coefficient (Wildman–Crippen LogP) is 1.21. The summed E-state index contributed by atoms with van der Waals surface area (Å²) in [6.07, 6.45) is -0.674. The van der Waals surface area contributed by atoms with E-state index in [0.29, 0.717) is 0 Å². The lowest BCUT2D eigenvalue weighted by molar-refractivity contribution is 0.177. The number of aliphatic hydroxyl groups excluding tert-OH is 1. The molecule has 0 aromatic carbocycles. The Morgan fingerprint density at radius 2 is 1.69 bits per heavy atom. The Morgan fingerprint density at radius 3 is 2.00 bits per heavy atom. The van der Waals surface area contributed by atoms with Gasteiger partial charge in [-0.25, -0.2) is 0 Å². The van der Waals surface area contributed by atoms with E-state index in [1.165, 1.54) is 0 Å². The van der Waals surface area contributed by atoms with Gasteiger partial charge < -0.3 is 10.8 Å². The average molecular weight is 199 g/mol. The second-order valence-electron chi connectivity index (χ2n) is 4.79. The molecule has 0 aromatic rings. The van der Waals surface area contributed by atoms with Crippen LogP contribution in [0.4, 0.5) is 0 Å². The van der Waals surface area contributed by atoms with Crippen molar-refractivity contribution in [3.8, 4) is 11.5 Å². The van der Waals surface area contributed by atoms with Gasteiger partial charge in [-0.2, -0.15) is 0 Å². The molecule has 13 heavy (non-hydrogen) atoms. The number of nitrogens with two attached hydrogens (primary N) is 1. The van der Waals surface area contributed by atoms with Gasteiger partial charge in [0, 0.05) is 6.04 Å².